The lowest BCUT2D eigenvalue weighted by molar-refractivity contribution is 0.275. The fraction of sp³-hybridized carbons (Fsp3) is 0.650. The highest BCUT2D eigenvalue weighted by molar-refractivity contribution is 7.90. The first-order valence-electron chi connectivity index (χ1n) is 10.2. The molecule has 1 unspecified atom stereocenters. The summed E-state index contributed by atoms with van der Waals surface area (Å²) in [6.07, 6.45) is 5.85. The molecule has 0 aromatic carbocycles. The zero-order chi connectivity index (χ0) is 21.0. The molecule has 0 aliphatic carbocycles. The Bertz CT molecular complexity index is 887. The van der Waals surface area contributed by atoms with Gasteiger partial charge in [0.1, 0.15) is 5.82 Å². The highest BCUT2D eigenvalue weighted by Gasteiger charge is 2.26. The number of pyridine rings is 1. The van der Waals surface area contributed by atoms with Crippen molar-refractivity contribution >= 4 is 21.7 Å². The van der Waals surface area contributed by atoms with Crippen LogP contribution in [0, 0.1) is 11.8 Å². The van der Waals surface area contributed by atoms with Crippen LogP contribution in [0.2, 0.25) is 0 Å². The molecule has 1 saturated heterocycles. The first-order valence-corrected chi connectivity index (χ1v) is 12.1. The van der Waals surface area contributed by atoms with Crippen LogP contribution in [0.15, 0.2) is 27.7 Å². The largest absolute Gasteiger partial charge is 0.370 e. The Morgan fingerprint density at radius 2 is 1.97 bits per heavy atom. The summed E-state index contributed by atoms with van der Waals surface area (Å²) >= 11 is 0. The van der Waals surface area contributed by atoms with Gasteiger partial charge in [0.15, 0.2) is 15.7 Å². The number of rotatable bonds is 8. The van der Waals surface area contributed by atoms with Crippen LogP contribution < -0.4 is 10.2 Å². The third-order valence-electron chi connectivity index (χ3n) is 5.63. The van der Waals surface area contributed by atoms with Crippen molar-refractivity contribution in [3.63, 3.8) is 0 Å². The molecule has 1 N–H and O–H groups in total. The van der Waals surface area contributed by atoms with Gasteiger partial charge in [0.05, 0.1) is 4.90 Å². The van der Waals surface area contributed by atoms with E-state index in [2.05, 4.69) is 46.1 Å². The van der Waals surface area contributed by atoms with Crippen LogP contribution in [-0.2, 0) is 9.84 Å². The second-order valence-corrected chi connectivity index (χ2v) is 10.3. The average Bonchev–Trinajstić information content (AvgIpc) is 3.18. The van der Waals surface area contributed by atoms with E-state index in [-0.39, 0.29) is 10.8 Å². The molecule has 3 rings (SSSR count). The van der Waals surface area contributed by atoms with E-state index in [1.165, 1.54) is 12.5 Å². The smallest absolute Gasteiger partial charge is 0.324 e. The number of sulfone groups is 1. The second kappa shape index (κ2) is 9.11. The fourth-order valence-electron chi connectivity index (χ4n) is 3.62. The number of nitrogens with zero attached hydrogens (tertiary/aromatic N) is 4. The topological polar surface area (TPSA) is 101 Å². The van der Waals surface area contributed by atoms with E-state index in [1.807, 2.05) is 0 Å². The van der Waals surface area contributed by atoms with Crippen molar-refractivity contribution in [1.82, 2.24) is 15.1 Å². The van der Waals surface area contributed by atoms with E-state index in [4.69, 9.17) is 4.52 Å². The van der Waals surface area contributed by atoms with E-state index >= 15 is 0 Å². The highest BCUT2D eigenvalue weighted by Crippen LogP contribution is 2.29. The molecular weight excluding hydrogens is 390 g/mol. The Morgan fingerprint density at radius 3 is 2.52 bits per heavy atom. The molecule has 0 spiro atoms. The molecule has 0 saturated carbocycles. The standard InChI is InChI=1S/C20H31N5O3S/c1-14(2)19-23-20(28-24-19)25-11-8-16(9-12-25)15(3)7-10-21-18-6-5-17(13-22-18)29(4,26)27/h5-6,13-16H,7-12H2,1-4H3,(H,21,22). The molecule has 160 valence electrons. The first-order chi connectivity index (χ1) is 13.7. The van der Waals surface area contributed by atoms with Crippen molar-refractivity contribution in [3.05, 3.63) is 24.2 Å². The van der Waals surface area contributed by atoms with Crippen LogP contribution in [0.25, 0.3) is 0 Å². The predicted octanol–water partition coefficient (Wildman–Crippen LogP) is 3.35. The molecule has 1 aliphatic heterocycles. The fourth-order valence-corrected chi connectivity index (χ4v) is 4.18. The van der Waals surface area contributed by atoms with Gasteiger partial charge in [0.2, 0.25) is 0 Å². The molecule has 0 bridgehead atoms. The molecule has 2 aromatic rings. The second-order valence-electron chi connectivity index (χ2n) is 8.26. The van der Waals surface area contributed by atoms with Gasteiger partial charge in [-0.3, -0.25) is 0 Å². The summed E-state index contributed by atoms with van der Waals surface area (Å²) < 4.78 is 28.4. The summed E-state index contributed by atoms with van der Waals surface area (Å²) in [4.78, 5) is 11.1. The molecule has 1 aliphatic rings. The summed E-state index contributed by atoms with van der Waals surface area (Å²) in [5, 5.41) is 7.35. The number of hydrogen-bond donors (Lipinski definition) is 1. The van der Waals surface area contributed by atoms with Crippen molar-refractivity contribution in [2.24, 2.45) is 11.8 Å². The Morgan fingerprint density at radius 1 is 1.24 bits per heavy atom. The average molecular weight is 422 g/mol. The van der Waals surface area contributed by atoms with Crippen LogP contribution in [0.3, 0.4) is 0 Å². The number of aromatic nitrogens is 3. The molecule has 1 fully saturated rings. The normalized spacial score (nSPS) is 16.9. The summed E-state index contributed by atoms with van der Waals surface area (Å²) in [5.74, 6) is 3.00. The molecule has 0 radical (unpaired) electrons. The Hall–Kier alpha value is -2.16. The van der Waals surface area contributed by atoms with Gasteiger partial charge < -0.3 is 14.7 Å². The lowest BCUT2D eigenvalue weighted by Crippen LogP contribution is -2.36. The van der Waals surface area contributed by atoms with Gasteiger partial charge in [-0.15, -0.1) is 0 Å². The zero-order valence-corrected chi connectivity index (χ0v) is 18.4. The van der Waals surface area contributed by atoms with E-state index in [9.17, 15) is 8.42 Å². The van der Waals surface area contributed by atoms with Gasteiger partial charge in [-0.05, 0) is 43.2 Å². The maximum atomic E-state index is 11.5. The Balaban J connectivity index is 1.42. The van der Waals surface area contributed by atoms with Crippen molar-refractivity contribution in [2.45, 2.75) is 50.8 Å². The van der Waals surface area contributed by atoms with Crippen LogP contribution >= 0.6 is 0 Å². The minimum atomic E-state index is -3.21. The number of piperidine rings is 1. The molecular formula is C20H31N5O3S. The monoisotopic (exact) mass is 421 g/mol. The molecule has 0 amide bonds. The molecule has 2 aromatic heterocycles. The third kappa shape index (κ3) is 5.68. The maximum Gasteiger partial charge on any atom is 0.324 e. The van der Waals surface area contributed by atoms with Crippen LogP contribution in [0.4, 0.5) is 11.8 Å². The Labute approximate surface area is 173 Å². The lowest BCUT2D eigenvalue weighted by Gasteiger charge is -2.33. The molecule has 29 heavy (non-hydrogen) atoms. The van der Waals surface area contributed by atoms with Crippen molar-refractivity contribution in [1.29, 1.82) is 0 Å². The van der Waals surface area contributed by atoms with Crippen LogP contribution in [0.5, 0.6) is 0 Å². The predicted molar refractivity (Wildman–Crippen MR) is 113 cm³/mol. The summed E-state index contributed by atoms with van der Waals surface area (Å²) in [5.41, 5.74) is 0. The first kappa shape index (κ1) is 21.5. The van der Waals surface area contributed by atoms with E-state index in [1.54, 1.807) is 12.1 Å². The van der Waals surface area contributed by atoms with Gasteiger partial charge in [0, 0.05) is 38.0 Å². The van der Waals surface area contributed by atoms with Gasteiger partial charge in [-0.25, -0.2) is 13.4 Å². The quantitative estimate of drug-likeness (QED) is 0.692. The zero-order valence-electron chi connectivity index (χ0n) is 17.6. The number of nitrogens with one attached hydrogen (secondary N) is 1. The number of anilines is 2. The van der Waals surface area contributed by atoms with E-state index in [0.29, 0.717) is 23.7 Å². The van der Waals surface area contributed by atoms with E-state index < -0.39 is 9.84 Å². The van der Waals surface area contributed by atoms with Crippen molar-refractivity contribution in [3.8, 4) is 0 Å². The summed E-state index contributed by atoms with van der Waals surface area (Å²) in [6.45, 7) is 9.12. The van der Waals surface area contributed by atoms with Gasteiger partial charge in [-0.2, -0.15) is 4.98 Å². The van der Waals surface area contributed by atoms with E-state index in [0.717, 1.165) is 44.7 Å². The Kier molecular flexibility index (Phi) is 6.77. The highest BCUT2D eigenvalue weighted by atomic mass is 32.2. The van der Waals surface area contributed by atoms with Crippen LogP contribution in [-0.4, -0.2) is 49.4 Å². The van der Waals surface area contributed by atoms with Gasteiger partial charge >= 0.3 is 6.01 Å². The van der Waals surface area contributed by atoms with Gasteiger partial charge in [-0.1, -0.05) is 25.9 Å². The van der Waals surface area contributed by atoms with Crippen LogP contribution in [0.1, 0.15) is 51.8 Å². The third-order valence-corrected chi connectivity index (χ3v) is 6.73. The minimum Gasteiger partial charge on any atom is -0.370 e. The van der Waals surface area contributed by atoms with Crippen molar-refractivity contribution in [2.75, 3.05) is 36.1 Å². The minimum absolute atomic E-state index is 0.241. The SMILES string of the molecule is CC(C)c1noc(N2CCC(C(C)CCNc3ccc(S(C)(=O)=O)cn3)CC2)n1. The maximum absolute atomic E-state index is 11.5. The summed E-state index contributed by atoms with van der Waals surface area (Å²) in [6, 6.07) is 3.95. The molecule has 9 heteroatoms. The molecule has 8 nitrogen and oxygen atoms in total. The number of hydrogen-bond acceptors (Lipinski definition) is 8. The van der Waals surface area contributed by atoms with Gasteiger partial charge in [0.25, 0.3) is 0 Å². The molecule has 3 heterocycles. The molecule has 1 atom stereocenters. The lowest BCUT2D eigenvalue weighted by atomic mass is 9.83. The van der Waals surface area contributed by atoms with Crippen molar-refractivity contribution < 1.29 is 12.9 Å². The summed E-state index contributed by atoms with van der Waals surface area (Å²) in [7, 11) is -3.21.